The third-order valence-electron chi connectivity index (χ3n) is 2.68. The lowest BCUT2D eigenvalue weighted by Crippen LogP contribution is -2.17. The molecule has 0 N–H and O–H groups in total. The number of thioether (sulfide) groups is 1. The van der Waals surface area contributed by atoms with E-state index in [1.165, 1.54) is 37.2 Å². The van der Waals surface area contributed by atoms with Crippen molar-refractivity contribution in [1.82, 2.24) is 0 Å². The van der Waals surface area contributed by atoms with Crippen molar-refractivity contribution in [2.24, 2.45) is 11.3 Å². The predicted octanol–water partition coefficient (Wildman–Crippen LogP) is 4.33. The van der Waals surface area contributed by atoms with Crippen LogP contribution in [0.25, 0.3) is 0 Å². The Morgan fingerprint density at radius 3 is 2.46 bits per heavy atom. The molecule has 0 unspecified atom stereocenters. The van der Waals surface area contributed by atoms with Crippen molar-refractivity contribution in [3.05, 3.63) is 0 Å². The highest BCUT2D eigenvalue weighted by Gasteiger charge is 2.19. The van der Waals surface area contributed by atoms with Gasteiger partial charge in [0, 0.05) is 5.33 Å². The van der Waals surface area contributed by atoms with Gasteiger partial charge < -0.3 is 0 Å². The van der Waals surface area contributed by atoms with Crippen molar-refractivity contribution in [1.29, 1.82) is 0 Å². The standard InChI is InChI=1S/C11H21BrS/c1-11(2,8-12)9-13-7-10-5-3-4-6-10/h10H,3-9H2,1-2H3. The number of alkyl halides is 1. The maximum Gasteiger partial charge on any atom is 0.00905 e. The lowest BCUT2D eigenvalue weighted by Gasteiger charge is -2.21. The van der Waals surface area contributed by atoms with Gasteiger partial charge in [-0.25, -0.2) is 0 Å². The first kappa shape index (κ1) is 11.9. The SMILES string of the molecule is CC(C)(CBr)CSCC1CCCC1. The first-order chi connectivity index (χ1) is 6.14. The summed E-state index contributed by atoms with van der Waals surface area (Å²) >= 11 is 5.72. The van der Waals surface area contributed by atoms with Crippen molar-refractivity contribution in [2.45, 2.75) is 39.5 Å². The molecule has 0 aromatic heterocycles. The lowest BCUT2D eigenvalue weighted by atomic mass is 10.0. The van der Waals surface area contributed by atoms with Gasteiger partial charge in [0.15, 0.2) is 0 Å². The van der Waals surface area contributed by atoms with Crippen LogP contribution in [0, 0.1) is 11.3 Å². The van der Waals surface area contributed by atoms with Crippen LogP contribution in [0.1, 0.15) is 39.5 Å². The third kappa shape index (κ3) is 4.73. The van der Waals surface area contributed by atoms with Gasteiger partial charge in [0.25, 0.3) is 0 Å². The molecule has 0 spiro atoms. The largest absolute Gasteiger partial charge is 0.161 e. The average molecular weight is 265 g/mol. The van der Waals surface area contributed by atoms with E-state index in [9.17, 15) is 0 Å². The van der Waals surface area contributed by atoms with E-state index in [4.69, 9.17) is 0 Å². The molecule has 78 valence electrons. The van der Waals surface area contributed by atoms with Crippen LogP contribution in [0.15, 0.2) is 0 Å². The molecule has 0 aliphatic heterocycles. The van der Waals surface area contributed by atoms with Gasteiger partial charge in [-0.05, 0) is 35.7 Å². The molecule has 1 fully saturated rings. The molecule has 1 aliphatic rings. The zero-order valence-corrected chi connectivity index (χ0v) is 11.2. The van der Waals surface area contributed by atoms with Gasteiger partial charge in [-0.2, -0.15) is 11.8 Å². The second-order valence-electron chi connectivity index (χ2n) is 4.96. The first-order valence-corrected chi connectivity index (χ1v) is 7.55. The Labute approximate surface area is 95.4 Å². The fourth-order valence-corrected chi connectivity index (χ4v) is 3.62. The van der Waals surface area contributed by atoms with Gasteiger partial charge in [0.05, 0.1) is 0 Å². The molecular formula is C11H21BrS. The van der Waals surface area contributed by atoms with Crippen LogP contribution in [0.2, 0.25) is 0 Å². The zero-order chi connectivity index (χ0) is 9.73. The minimum atomic E-state index is 0.475. The summed E-state index contributed by atoms with van der Waals surface area (Å²) in [5, 5.41) is 1.12. The summed E-state index contributed by atoms with van der Waals surface area (Å²) in [6.45, 7) is 4.67. The monoisotopic (exact) mass is 264 g/mol. The van der Waals surface area contributed by atoms with E-state index < -0.39 is 0 Å². The Hall–Kier alpha value is 0.830. The van der Waals surface area contributed by atoms with Gasteiger partial charge in [0.2, 0.25) is 0 Å². The van der Waals surface area contributed by atoms with Crippen LogP contribution in [0.5, 0.6) is 0 Å². The van der Waals surface area contributed by atoms with E-state index in [2.05, 4.69) is 41.5 Å². The summed E-state index contributed by atoms with van der Waals surface area (Å²) in [4.78, 5) is 0. The molecule has 1 aliphatic carbocycles. The normalized spacial score (nSPS) is 19.6. The second kappa shape index (κ2) is 5.65. The molecule has 0 atom stereocenters. The van der Waals surface area contributed by atoms with Gasteiger partial charge in [-0.3, -0.25) is 0 Å². The molecule has 0 radical (unpaired) electrons. The molecule has 1 saturated carbocycles. The van der Waals surface area contributed by atoms with E-state index >= 15 is 0 Å². The molecule has 0 amide bonds. The Balaban J connectivity index is 2.06. The van der Waals surface area contributed by atoms with Crippen molar-refractivity contribution >= 4 is 27.7 Å². The summed E-state index contributed by atoms with van der Waals surface area (Å²) in [7, 11) is 0. The predicted molar refractivity (Wildman–Crippen MR) is 66.9 cm³/mol. The fourth-order valence-electron chi connectivity index (χ4n) is 1.72. The number of halogens is 1. The highest BCUT2D eigenvalue weighted by Crippen LogP contribution is 2.31. The minimum Gasteiger partial charge on any atom is -0.161 e. The highest BCUT2D eigenvalue weighted by molar-refractivity contribution is 9.09. The molecular weight excluding hydrogens is 244 g/mol. The number of hydrogen-bond acceptors (Lipinski definition) is 1. The lowest BCUT2D eigenvalue weighted by molar-refractivity contribution is 0.495. The molecule has 13 heavy (non-hydrogen) atoms. The molecule has 0 aromatic rings. The summed E-state index contributed by atoms with van der Waals surface area (Å²) in [6, 6.07) is 0. The first-order valence-electron chi connectivity index (χ1n) is 5.28. The smallest absolute Gasteiger partial charge is 0.00905 e. The van der Waals surface area contributed by atoms with Crippen LogP contribution in [0.4, 0.5) is 0 Å². The van der Waals surface area contributed by atoms with Crippen molar-refractivity contribution < 1.29 is 0 Å². The molecule has 1 rings (SSSR count). The van der Waals surface area contributed by atoms with Gasteiger partial charge >= 0.3 is 0 Å². The van der Waals surface area contributed by atoms with Crippen LogP contribution in [-0.2, 0) is 0 Å². The minimum absolute atomic E-state index is 0.475. The van der Waals surface area contributed by atoms with Crippen molar-refractivity contribution in [2.75, 3.05) is 16.8 Å². The van der Waals surface area contributed by atoms with Gasteiger partial charge in [-0.1, -0.05) is 42.6 Å². The van der Waals surface area contributed by atoms with E-state index in [-0.39, 0.29) is 0 Å². The Morgan fingerprint density at radius 2 is 1.92 bits per heavy atom. The molecule has 0 nitrogen and oxygen atoms in total. The summed E-state index contributed by atoms with van der Waals surface area (Å²) < 4.78 is 0. The Bertz CT molecular complexity index is 139. The molecule has 0 aromatic carbocycles. The Morgan fingerprint density at radius 1 is 1.31 bits per heavy atom. The quantitative estimate of drug-likeness (QED) is 0.667. The second-order valence-corrected chi connectivity index (χ2v) is 6.55. The Kier molecular flexibility index (Phi) is 5.17. The topological polar surface area (TPSA) is 0 Å². The maximum absolute atomic E-state index is 3.57. The van der Waals surface area contributed by atoms with Crippen LogP contribution >= 0.6 is 27.7 Å². The molecule has 2 heteroatoms. The van der Waals surface area contributed by atoms with E-state index in [0.29, 0.717) is 5.41 Å². The van der Waals surface area contributed by atoms with E-state index in [1.54, 1.807) is 0 Å². The number of rotatable bonds is 5. The van der Waals surface area contributed by atoms with Crippen LogP contribution in [0.3, 0.4) is 0 Å². The summed E-state index contributed by atoms with van der Waals surface area (Å²) in [6.07, 6.45) is 5.93. The molecule has 0 bridgehead atoms. The zero-order valence-electron chi connectivity index (χ0n) is 8.81. The third-order valence-corrected chi connectivity index (χ3v) is 5.89. The van der Waals surface area contributed by atoms with Crippen LogP contribution in [-0.4, -0.2) is 16.8 Å². The van der Waals surface area contributed by atoms with Crippen molar-refractivity contribution in [3.8, 4) is 0 Å². The summed E-state index contributed by atoms with van der Waals surface area (Å²) in [5.74, 6) is 3.74. The molecule has 0 saturated heterocycles. The van der Waals surface area contributed by atoms with Crippen LogP contribution < -0.4 is 0 Å². The van der Waals surface area contributed by atoms with E-state index in [0.717, 1.165) is 11.2 Å². The number of hydrogen-bond donors (Lipinski definition) is 0. The highest BCUT2D eigenvalue weighted by atomic mass is 79.9. The fraction of sp³-hybridized carbons (Fsp3) is 1.00. The average Bonchev–Trinajstić information content (AvgIpc) is 2.57. The summed E-state index contributed by atoms with van der Waals surface area (Å²) in [5.41, 5.74) is 0.475. The molecule has 0 heterocycles. The maximum atomic E-state index is 3.57. The van der Waals surface area contributed by atoms with Gasteiger partial charge in [0.1, 0.15) is 0 Å². The van der Waals surface area contributed by atoms with Gasteiger partial charge in [-0.15, -0.1) is 0 Å². The van der Waals surface area contributed by atoms with E-state index in [1.807, 2.05) is 0 Å². The van der Waals surface area contributed by atoms with Crippen molar-refractivity contribution in [3.63, 3.8) is 0 Å².